The van der Waals surface area contributed by atoms with Crippen LogP contribution < -0.4 is 14.9 Å². The van der Waals surface area contributed by atoms with Crippen molar-refractivity contribution in [1.29, 1.82) is 0 Å². The first-order chi connectivity index (χ1) is 15.8. The van der Waals surface area contributed by atoms with Gasteiger partial charge in [0.15, 0.2) is 5.11 Å². The van der Waals surface area contributed by atoms with Gasteiger partial charge in [-0.1, -0.05) is 30.3 Å². The SMILES string of the molecule is CCN(c1ccccc1)S(=O)(=O)c1ccc(NC(=S)NC(=O)C=Cc2ccc(F)cc2)cc1. The third kappa shape index (κ3) is 6.47. The van der Waals surface area contributed by atoms with Gasteiger partial charge < -0.3 is 5.32 Å². The van der Waals surface area contributed by atoms with E-state index in [-0.39, 0.29) is 22.4 Å². The molecule has 0 aromatic heterocycles. The van der Waals surface area contributed by atoms with E-state index >= 15 is 0 Å². The molecular weight excluding hydrogens is 461 g/mol. The summed E-state index contributed by atoms with van der Waals surface area (Å²) in [7, 11) is -3.73. The first-order valence-electron chi connectivity index (χ1n) is 10.0. The topological polar surface area (TPSA) is 78.5 Å². The van der Waals surface area contributed by atoms with Gasteiger partial charge in [-0.15, -0.1) is 0 Å². The second-order valence-electron chi connectivity index (χ2n) is 6.86. The van der Waals surface area contributed by atoms with Crippen LogP contribution in [0.1, 0.15) is 12.5 Å². The van der Waals surface area contributed by atoms with E-state index in [2.05, 4.69) is 10.6 Å². The zero-order valence-corrected chi connectivity index (χ0v) is 19.4. The first kappa shape index (κ1) is 24.1. The lowest BCUT2D eigenvalue weighted by molar-refractivity contribution is -0.115. The first-order valence-corrected chi connectivity index (χ1v) is 11.9. The number of amides is 1. The maximum absolute atomic E-state index is 13.0. The highest BCUT2D eigenvalue weighted by atomic mass is 32.2. The van der Waals surface area contributed by atoms with Gasteiger partial charge in [-0.25, -0.2) is 12.8 Å². The molecule has 0 unspecified atom stereocenters. The number of hydrogen-bond donors (Lipinski definition) is 2. The van der Waals surface area contributed by atoms with Crippen LogP contribution in [-0.2, 0) is 14.8 Å². The minimum atomic E-state index is -3.73. The fourth-order valence-corrected chi connectivity index (χ4v) is 4.68. The zero-order valence-electron chi connectivity index (χ0n) is 17.7. The lowest BCUT2D eigenvalue weighted by atomic mass is 10.2. The fraction of sp³-hybridized carbons (Fsp3) is 0.0833. The van der Waals surface area contributed by atoms with Gasteiger partial charge in [0.05, 0.1) is 10.6 Å². The Hall–Kier alpha value is -3.56. The summed E-state index contributed by atoms with van der Waals surface area (Å²) >= 11 is 5.14. The van der Waals surface area contributed by atoms with Gasteiger partial charge in [0, 0.05) is 18.3 Å². The number of rotatable bonds is 7. The Bertz CT molecular complexity index is 1240. The van der Waals surface area contributed by atoms with Crippen LogP contribution in [-0.4, -0.2) is 26.0 Å². The number of nitrogens with one attached hydrogen (secondary N) is 2. The summed E-state index contributed by atoms with van der Waals surface area (Å²) in [4.78, 5) is 12.2. The summed E-state index contributed by atoms with van der Waals surface area (Å²) in [6, 6.07) is 20.6. The molecule has 2 N–H and O–H groups in total. The average Bonchev–Trinajstić information content (AvgIpc) is 2.80. The number of nitrogens with zero attached hydrogens (tertiary/aromatic N) is 1. The number of carbonyl (C=O) groups excluding carboxylic acids is 1. The summed E-state index contributed by atoms with van der Waals surface area (Å²) in [5.74, 6) is -0.819. The van der Waals surface area contributed by atoms with E-state index < -0.39 is 15.9 Å². The average molecular weight is 484 g/mol. The number of hydrogen-bond acceptors (Lipinski definition) is 4. The maximum Gasteiger partial charge on any atom is 0.264 e. The van der Waals surface area contributed by atoms with Crippen molar-refractivity contribution >= 4 is 50.7 Å². The molecule has 0 saturated heterocycles. The molecule has 0 heterocycles. The molecule has 3 aromatic carbocycles. The molecule has 3 aromatic rings. The highest BCUT2D eigenvalue weighted by Gasteiger charge is 2.23. The molecule has 9 heteroatoms. The Kier molecular flexibility index (Phi) is 7.92. The summed E-state index contributed by atoms with van der Waals surface area (Å²) in [5, 5.41) is 5.39. The van der Waals surface area contributed by atoms with E-state index in [1.54, 1.807) is 55.5 Å². The van der Waals surface area contributed by atoms with Crippen molar-refractivity contribution in [2.75, 3.05) is 16.2 Å². The molecule has 0 saturated carbocycles. The molecule has 0 bridgehead atoms. The number of carbonyl (C=O) groups is 1. The molecule has 0 atom stereocenters. The standard InChI is InChI=1S/C24H22FN3O3S2/c1-2-28(21-6-4-3-5-7-21)33(30,31)22-15-13-20(14-16-22)26-24(32)27-23(29)17-10-18-8-11-19(25)12-9-18/h3-17H,2H2,1H3,(H2,26,27,29,32). The Balaban J connectivity index is 1.62. The fourth-order valence-electron chi connectivity index (χ4n) is 2.98. The van der Waals surface area contributed by atoms with Gasteiger partial charge in [-0.2, -0.15) is 0 Å². The van der Waals surface area contributed by atoms with Crippen molar-refractivity contribution < 1.29 is 17.6 Å². The van der Waals surface area contributed by atoms with E-state index in [1.807, 2.05) is 6.07 Å². The number of para-hydroxylation sites is 1. The predicted molar refractivity (Wildman–Crippen MR) is 133 cm³/mol. The van der Waals surface area contributed by atoms with Gasteiger partial charge in [-0.05, 0) is 79.3 Å². The third-order valence-electron chi connectivity index (χ3n) is 4.57. The molecule has 0 fully saturated rings. The van der Waals surface area contributed by atoms with Gasteiger partial charge in [0.2, 0.25) is 5.91 Å². The minimum Gasteiger partial charge on any atom is -0.332 e. The maximum atomic E-state index is 13.0. The van der Waals surface area contributed by atoms with E-state index in [0.717, 1.165) is 0 Å². The third-order valence-corrected chi connectivity index (χ3v) is 6.69. The monoisotopic (exact) mass is 483 g/mol. The molecule has 0 aliphatic heterocycles. The smallest absolute Gasteiger partial charge is 0.264 e. The Morgan fingerprint density at radius 3 is 2.24 bits per heavy atom. The van der Waals surface area contributed by atoms with Crippen molar-refractivity contribution in [2.24, 2.45) is 0 Å². The Morgan fingerprint density at radius 1 is 1.00 bits per heavy atom. The molecule has 170 valence electrons. The van der Waals surface area contributed by atoms with Crippen LogP contribution in [0.15, 0.2) is 89.8 Å². The second kappa shape index (κ2) is 10.8. The Morgan fingerprint density at radius 2 is 1.64 bits per heavy atom. The number of halogens is 1. The predicted octanol–water partition coefficient (Wildman–Crippen LogP) is 4.57. The molecule has 0 aliphatic rings. The molecule has 0 aliphatic carbocycles. The second-order valence-corrected chi connectivity index (χ2v) is 9.13. The Labute approximate surface area is 197 Å². The molecule has 6 nitrogen and oxygen atoms in total. The van der Waals surface area contributed by atoms with Gasteiger partial charge in [-0.3, -0.25) is 14.4 Å². The molecule has 1 amide bonds. The number of benzene rings is 3. The van der Waals surface area contributed by atoms with Crippen LogP contribution in [0.3, 0.4) is 0 Å². The lowest BCUT2D eigenvalue weighted by Crippen LogP contribution is -2.33. The van der Waals surface area contributed by atoms with E-state index in [1.165, 1.54) is 40.7 Å². The van der Waals surface area contributed by atoms with Gasteiger partial charge in [0.25, 0.3) is 10.0 Å². The molecule has 0 radical (unpaired) electrons. The quantitative estimate of drug-likeness (QED) is 0.380. The lowest BCUT2D eigenvalue weighted by Gasteiger charge is -2.23. The number of sulfonamides is 1. The number of anilines is 2. The van der Waals surface area contributed by atoms with Crippen LogP contribution in [0.4, 0.5) is 15.8 Å². The van der Waals surface area contributed by atoms with Crippen LogP contribution in [0.2, 0.25) is 0 Å². The van der Waals surface area contributed by atoms with E-state index in [0.29, 0.717) is 16.9 Å². The molecule has 33 heavy (non-hydrogen) atoms. The molecule has 0 spiro atoms. The van der Waals surface area contributed by atoms with Crippen molar-refractivity contribution in [2.45, 2.75) is 11.8 Å². The zero-order chi connectivity index (χ0) is 23.8. The van der Waals surface area contributed by atoms with Crippen molar-refractivity contribution in [3.63, 3.8) is 0 Å². The summed E-state index contributed by atoms with van der Waals surface area (Å²) in [5.41, 5.74) is 1.77. The van der Waals surface area contributed by atoms with Crippen LogP contribution in [0.5, 0.6) is 0 Å². The van der Waals surface area contributed by atoms with Gasteiger partial charge in [0.1, 0.15) is 5.82 Å². The van der Waals surface area contributed by atoms with Crippen LogP contribution >= 0.6 is 12.2 Å². The van der Waals surface area contributed by atoms with Gasteiger partial charge >= 0.3 is 0 Å². The van der Waals surface area contributed by atoms with Crippen molar-refractivity contribution in [3.05, 3.63) is 96.3 Å². The largest absolute Gasteiger partial charge is 0.332 e. The molecule has 3 rings (SSSR count). The van der Waals surface area contributed by atoms with E-state index in [9.17, 15) is 17.6 Å². The minimum absolute atomic E-state index is 0.0545. The summed E-state index contributed by atoms with van der Waals surface area (Å²) in [6.07, 6.45) is 2.81. The highest BCUT2D eigenvalue weighted by molar-refractivity contribution is 7.92. The van der Waals surface area contributed by atoms with Crippen LogP contribution in [0, 0.1) is 5.82 Å². The molecular formula is C24H22FN3O3S2. The highest BCUT2D eigenvalue weighted by Crippen LogP contribution is 2.24. The number of thiocarbonyl (C=S) groups is 1. The summed E-state index contributed by atoms with van der Waals surface area (Å²) < 4.78 is 40.3. The van der Waals surface area contributed by atoms with Crippen molar-refractivity contribution in [1.82, 2.24) is 5.32 Å². The normalized spacial score (nSPS) is 11.2. The summed E-state index contributed by atoms with van der Waals surface area (Å²) in [6.45, 7) is 2.06. The van der Waals surface area contributed by atoms with Crippen molar-refractivity contribution in [3.8, 4) is 0 Å². The van der Waals surface area contributed by atoms with Crippen LogP contribution in [0.25, 0.3) is 6.08 Å². The van der Waals surface area contributed by atoms with E-state index in [4.69, 9.17) is 12.2 Å².